The molecule has 0 amide bonds. The van der Waals surface area contributed by atoms with Gasteiger partial charge < -0.3 is 32.8 Å². The van der Waals surface area contributed by atoms with E-state index in [1.807, 2.05) is 12.1 Å². The van der Waals surface area contributed by atoms with E-state index in [9.17, 15) is 0 Å². The fraction of sp³-hybridized carbons (Fsp3) is 0.700. The van der Waals surface area contributed by atoms with Crippen LogP contribution in [-0.4, -0.2) is 74.0 Å². The molecule has 1 spiro atoms. The summed E-state index contributed by atoms with van der Waals surface area (Å²) in [5.41, 5.74) is 2.30. The Morgan fingerprint density at radius 2 is 1.47 bits per heavy atom. The maximum atomic E-state index is 7.26. The average molecular weight is 807 g/mol. The molecule has 0 unspecified atom stereocenters. The van der Waals surface area contributed by atoms with Crippen molar-refractivity contribution in [2.24, 2.45) is 17.8 Å². The second kappa shape index (κ2) is 15.6. The van der Waals surface area contributed by atoms with Crippen LogP contribution in [0, 0.1) is 17.8 Å². The van der Waals surface area contributed by atoms with E-state index >= 15 is 0 Å². The van der Waals surface area contributed by atoms with Gasteiger partial charge in [-0.25, -0.2) is 0 Å². The van der Waals surface area contributed by atoms with Gasteiger partial charge in [-0.3, -0.25) is 0 Å². The zero-order valence-electron chi connectivity index (χ0n) is 30.8. The lowest BCUT2D eigenvalue weighted by Gasteiger charge is -2.51. The number of alkyl halides is 1. The van der Waals surface area contributed by atoms with Crippen LogP contribution in [0.4, 0.5) is 0 Å². The minimum Gasteiger partial charge on any atom is -0.411 e. The van der Waals surface area contributed by atoms with Crippen LogP contribution in [-0.2, 0) is 46.1 Å². The van der Waals surface area contributed by atoms with Crippen molar-refractivity contribution in [3.63, 3.8) is 0 Å². The molecular formula is C40H59IO7Si. The summed E-state index contributed by atoms with van der Waals surface area (Å²) in [5, 5.41) is 0.108. The van der Waals surface area contributed by atoms with Crippen molar-refractivity contribution in [3.05, 3.63) is 71.8 Å². The highest BCUT2D eigenvalue weighted by atomic mass is 127. The maximum Gasteiger partial charge on any atom is 0.192 e. The van der Waals surface area contributed by atoms with Crippen molar-refractivity contribution < 1.29 is 32.8 Å². The molecule has 0 saturated carbocycles. The first-order valence-electron chi connectivity index (χ1n) is 18.5. The number of benzene rings is 2. The molecule has 0 bridgehead atoms. The van der Waals surface area contributed by atoms with Gasteiger partial charge in [-0.2, -0.15) is 0 Å². The Hall–Kier alpha value is -0.893. The van der Waals surface area contributed by atoms with E-state index in [-0.39, 0.29) is 71.6 Å². The van der Waals surface area contributed by atoms with Gasteiger partial charge in [-0.15, -0.1) is 0 Å². The molecule has 12 atom stereocenters. The molecule has 0 aliphatic carbocycles. The molecule has 4 aliphatic rings. The van der Waals surface area contributed by atoms with Crippen molar-refractivity contribution in [2.45, 2.75) is 147 Å². The van der Waals surface area contributed by atoms with Crippen molar-refractivity contribution in [1.82, 2.24) is 0 Å². The van der Waals surface area contributed by atoms with Crippen LogP contribution in [0.2, 0.25) is 18.1 Å². The maximum absolute atomic E-state index is 7.26. The fourth-order valence-electron chi connectivity index (χ4n) is 8.04. The molecule has 4 saturated heterocycles. The van der Waals surface area contributed by atoms with Gasteiger partial charge in [0.15, 0.2) is 14.1 Å². The van der Waals surface area contributed by atoms with Gasteiger partial charge in [0.2, 0.25) is 0 Å². The standard InChI is InChI=1S/C40H59IO7Si/c1-26-28(3)40(22-31(25-44-40)42-23-29-15-11-9-12-16-29)47-38-36(43-24-30-17-13-10-14-18-30)27(2)35-34(46-37(26)38)21-33(32(45-35)19-20-41)48-49(7,8)39(4,5)6/h9-18,26-28,31-38H,19-25H2,1-8H3/t26-,27+,28-,31-,32-,33+,34-,35+,36-,37+,38-,40+/m0/s1. The number of hydrogen-bond acceptors (Lipinski definition) is 7. The monoisotopic (exact) mass is 806 g/mol. The van der Waals surface area contributed by atoms with Gasteiger partial charge in [-0.05, 0) is 41.6 Å². The van der Waals surface area contributed by atoms with Gasteiger partial charge >= 0.3 is 0 Å². The minimum atomic E-state index is -2.05. The van der Waals surface area contributed by atoms with E-state index < -0.39 is 14.1 Å². The normalized spacial score (nSPS) is 38.2. The molecule has 4 heterocycles. The molecule has 0 N–H and O–H groups in total. The lowest BCUT2D eigenvalue weighted by atomic mass is 9.75. The number of rotatable bonds is 10. The molecule has 2 aromatic rings. The zero-order chi connectivity index (χ0) is 35.0. The predicted molar refractivity (Wildman–Crippen MR) is 203 cm³/mol. The molecule has 272 valence electrons. The second-order valence-corrected chi connectivity index (χ2v) is 22.3. The van der Waals surface area contributed by atoms with E-state index in [1.54, 1.807) is 0 Å². The lowest BCUT2D eigenvalue weighted by molar-refractivity contribution is -0.341. The van der Waals surface area contributed by atoms with E-state index in [2.05, 4.69) is 126 Å². The molecule has 6 rings (SSSR count). The van der Waals surface area contributed by atoms with Crippen LogP contribution in [0.5, 0.6) is 0 Å². The molecule has 0 aromatic heterocycles. The third-order valence-electron chi connectivity index (χ3n) is 12.2. The zero-order valence-corrected chi connectivity index (χ0v) is 34.0. The minimum absolute atomic E-state index is 0.00591. The van der Waals surface area contributed by atoms with E-state index in [0.29, 0.717) is 26.2 Å². The summed E-state index contributed by atoms with van der Waals surface area (Å²) in [6.07, 6.45) is 1.40. The van der Waals surface area contributed by atoms with Crippen molar-refractivity contribution in [2.75, 3.05) is 11.0 Å². The molecule has 4 fully saturated rings. The summed E-state index contributed by atoms with van der Waals surface area (Å²) < 4.78 is 49.8. The van der Waals surface area contributed by atoms with Gasteiger partial charge in [0.05, 0.1) is 62.5 Å². The van der Waals surface area contributed by atoms with Crippen LogP contribution in [0.1, 0.15) is 71.9 Å². The largest absolute Gasteiger partial charge is 0.411 e. The molecule has 2 aromatic carbocycles. The number of halogens is 1. The quantitative estimate of drug-likeness (QED) is 0.135. The topological polar surface area (TPSA) is 64.6 Å². The van der Waals surface area contributed by atoms with E-state index in [1.165, 1.54) is 0 Å². The van der Waals surface area contributed by atoms with Crippen LogP contribution < -0.4 is 0 Å². The summed E-state index contributed by atoms with van der Waals surface area (Å²) in [6, 6.07) is 20.8. The Morgan fingerprint density at radius 1 is 0.837 bits per heavy atom. The molecule has 7 nitrogen and oxygen atoms in total. The van der Waals surface area contributed by atoms with Gasteiger partial charge in [-0.1, -0.05) is 125 Å². The first-order chi connectivity index (χ1) is 23.3. The molecule has 49 heavy (non-hydrogen) atoms. The smallest absolute Gasteiger partial charge is 0.192 e. The SMILES string of the molecule is C[C@@H]1[C@H]2O[C@@H](CCI)[C@H](O[Si](C)(C)C(C)(C)C)C[C@@H]2O[C@@H]2[C@@H](C)[C@H](C)[C@@]3(C[C@H](OCc4ccccc4)CO3)O[C@H]2[C@H]1OCc1ccccc1. The first kappa shape index (κ1) is 37.9. The van der Waals surface area contributed by atoms with Crippen molar-refractivity contribution in [1.29, 1.82) is 0 Å². The highest BCUT2D eigenvalue weighted by Gasteiger charge is 2.61. The molecule has 9 heteroatoms. The summed E-state index contributed by atoms with van der Waals surface area (Å²) in [7, 11) is -2.05. The third kappa shape index (κ3) is 8.20. The molecule has 0 radical (unpaired) electrons. The van der Waals surface area contributed by atoms with Crippen LogP contribution in [0.3, 0.4) is 0 Å². The lowest BCUT2D eigenvalue weighted by Crippen LogP contribution is -2.61. The van der Waals surface area contributed by atoms with Crippen molar-refractivity contribution in [3.8, 4) is 0 Å². The van der Waals surface area contributed by atoms with E-state index in [0.717, 1.165) is 28.4 Å². The van der Waals surface area contributed by atoms with Crippen molar-refractivity contribution >= 4 is 30.9 Å². The Labute approximate surface area is 309 Å². The molecular weight excluding hydrogens is 747 g/mol. The highest BCUT2D eigenvalue weighted by Crippen LogP contribution is 2.51. The third-order valence-corrected chi connectivity index (χ3v) is 17.3. The first-order valence-corrected chi connectivity index (χ1v) is 22.9. The second-order valence-electron chi connectivity index (χ2n) is 16.5. The van der Waals surface area contributed by atoms with Crippen LogP contribution in [0.25, 0.3) is 0 Å². The Bertz CT molecular complexity index is 1340. The summed E-state index contributed by atoms with van der Waals surface area (Å²) in [5.74, 6) is -0.491. The number of ether oxygens (including phenoxy) is 6. The Morgan fingerprint density at radius 3 is 2.08 bits per heavy atom. The van der Waals surface area contributed by atoms with Crippen LogP contribution >= 0.6 is 22.6 Å². The summed E-state index contributed by atoms with van der Waals surface area (Å²) in [6.45, 7) is 20.0. The number of fused-ring (bicyclic) bond motifs is 2. The van der Waals surface area contributed by atoms with Gasteiger partial charge in [0, 0.05) is 29.1 Å². The Kier molecular flexibility index (Phi) is 12.1. The van der Waals surface area contributed by atoms with Gasteiger partial charge in [0.25, 0.3) is 0 Å². The summed E-state index contributed by atoms with van der Waals surface area (Å²) in [4.78, 5) is 0. The number of hydrogen-bond donors (Lipinski definition) is 0. The predicted octanol–water partition coefficient (Wildman–Crippen LogP) is 8.72. The highest BCUT2D eigenvalue weighted by molar-refractivity contribution is 14.1. The van der Waals surface area contributed by atoms with E-state index in [4.69, 9.17) is 32.8 Å². The Balaban J connectivity index is 1.27. The fourth-order valence-corrected chi connectivity index (χ4v) is 10.0. The summed E-state index contributed by atoms with van der Waals surface area (Å²) >= 11 is 2.47. The average Bonchev–Trinajstić information content (AvgIpc) is 3.45. The van der Waals surface area contributed by atoms with Gasteiger partial charge in [0.1, 0.15) is 6.10 Å². The van der Waals surface area contributed by atoms with Crippen LogP contribution in [0.15, 0.2) is 60.7 Å². The molecule has 4 aliphatic heterocycles.